The highest BCUT2D eigenvalue weighted by Crippen LogP contribution is 2.30. The molecule has 0 bridgehead atoms. The van der Waals surface area contributed by atoms with Crippen LogP contribution in [-0.2, 0) is 16.4 Å². The summed E-state index contributed by atoms with van der Waals surface area (Å²) in [4.78, 5) is 14.7. The molecule has 1 aliphatic rings. The Morgan fingerprint density at radius 1 is 1.29 bits per heavy atom. The maximum atomic E-state index is 13.0. The number of amides is 1. The van der Waals surface area contributed by atoms with Gasteiger partial charge in [0.1, 0.15) is 0 Å². The molecule has 2 aromatic rings. The number of hydrogen-bond acceptors (Lipinski definition) is 6. The fraction of sp³-hybridized carbons (Fsp3) is 0.545. The van der Waals surface area contributed by atoms with Gasteiger partial charge in [-0.2, -0.15) is 5.10 Å². The highest BCUT2D eigenvalue weighted by atomic mass is 32.2. The topological polar surface area (TPSA) is 90.7 Å². The van der Waals surface area contributed by atoms with Crippen LogP contribution in [0.5, 0.6) is 11.5 Å². The Balaban J connectivity index is 1.79. The van der Waals surface area contributed by atoms with Gasteiger partial charge in [-0.05, 0) is 52.3 Å². The second-order valence-corrected chi connectivity index (χ2v) is 10.6. The molecule has 1 saturated heterocycles. The molecule has 0 radical (unpaired) electrons. The molecule has 31 heavy (non-hydrogen) atoms. The summed E-state index contributed by atoms with van der Waals surface area (Å²) in [5, 5.41) is 4.59. The number of sulfone groups is 1. The number of ether oxygens (including phenoxy) is 2. The molecule has 1 fully saturated rings. The summed E-state index contributed by atoms with van der Waals surface area (Å²) in [6, 6.07) is 5.01. The fourth-order valence-electron chi connectivity index (χ4n) is 3.93. The molecule has 0 aliphatic carbocycles. The van der Waals surface area contributed by atoms with Crippen molar-refractivity contribution in [1.82, 2.24) is 14.7 Å². The summed E-state index contributed by atoms with van der Waals surface area (Å²) in [5.74, 6) is 1.27. The van der Waals surface area contributed by atoms with E-state index >= 15 is 0 Å². The van der Waals surface area contributed by atoms with Crippen LogP contribution in [0.15, 0.2) is 18.2 Å². The van der Waals surface area contributed by atoms with Crippen molar-refractivity contribution in [2.24, 2.45) is 0 Å². The minimum atomic E-state index is -3.00. The number of carbonyl (C=O) groups excluding carboxylic acids is 1. The first kappa shape index (κ1) is 23.1. The van der Waals surface area contributed by atoms with E-state index in [1.807, 2.05) is 32.4 Å². The van der Waals surface area contributed by atoms with E-state index in [1.54, 1.807) is 37.3 Å². The molecule has 0 N–H and O–H groups in total. The molecular weight excluding hydrogens is 418 g/mol. The Hall–Kier alpha value is -2.55. The second kappa shape index (κ2) is 8.90. The number of aromatic nitrogens is 2. The number of methoxy groups -OCH3 is 1. The van der Waals surface area contributed by atoms with Gasteiger partial charge in [0.25, 0.3) is 5.91 Å². The third kappa shape index (κ3) is 5.03. The van der Waals surface area contributed by atoms with Crippen molar-refractivity contribution in [1.29, 1.82) is 0 Å². The molecule has 170 valence electrons. The molecule has 1 aliphatic heterocycles. The number of aryl methyl sites for hydroxylation is 1. The van der Waals surface area contributed by atoms with E-state index in [2.05, 4.69) is 5.10 Å². The van der Waals surface area contributed by atoms with Crippen LogP contribution in [0, 0.1) is 13.8 Å². The van der Waals surface area contributed by atoms with Gasteiger partial charge in [-0.15, -0.1) is 0 Å². The molecule has 3 rings (SSSR count). The number of rotatable bonds is 7. The van der Waals surface area contributed by atoms with Gasteiger partial charge in [-0.1, -0.05) is 0 Å². The van der Waals surface area contributed by atoms with Crippen LogP contribution in [0.4, 0.5) is 0 Å². The van der Waals surface area contributed by atoms with Crippen molar-refractivity contribution in [3.05, 3.63) is 40.7 Å². The molecule has 1 aromatic heterocycles. The fourth-order valence-corrected chi connectivity index (χ4v) is 5.62. The number of nitrogens with zero attached hydrogens (tertiary/aromatic N) is 3. The molecule has 9 heteroatoms. The van der Waals surface area contributed by atoms with Crippen LogP contribution in [0.1, 0.15) is 53.6 Å². The van der Waals surface area contributed by atoms with Gasteiger partial charge < -0.3 is 14.4 Å². The smallest absolute Gasteiger partial charge is 0.254 e. The molecule has 0 saturated carbocycles. The summed E-state index contributed by atoms with van der Waals surface area (Å²) in [6.45, 7) is 8.06. The lowest BCUT2D eigenvalue weighted by atomic mass is 10.1. The predicted molar refractivity (Wildman–Crippen MR) is 119 cm³/mol. The lowest BCUT2D eigenvalue weighted by Crippen LogP contribution is -2.27. The van der Waals surface area contributed by atoms with Crippen LogP contribution in [-0.4, -0.2) is 60.8 Å². The third-order valence-corrected chi connectivity index (χ3v) is 7.29. The van der Waals surface area contributed by atoms with Gasteiger partial charge in [-0.3, -0.25) is 9.48 Å². The van der Waals surface area contributed by atoms with Crippen LogP contribution in [0.25, 0.3) is 0 Å². The Kier molecular flexibility index (Phi) is 6.64. The molecule has 8 nitrogen and oxygen atoms in total. The maximum Gasteiger partial charge on any atom is 0.254 e. The van der Waals surface area contributed by atoms with Crippen LogP contribution in [0.3, 0.4) is 0 Å². The van der Waals surface area contributed by atoms with Crippen LogP contribution >= 0.6 is 0 Å². The number of hydrogen-bond donors (Lipinski definition) is 0. The maximum absolute atomic E-state index is 13.0. The lowest BCUT2D eigenvalue weighted by molar-refractivity contribution is 0.0784. The Morgan fingerprint density at radius 3 is 2.58 bits per heavy atom. The van der Waals surface area contributed by atoms with Gasteiger partial charge in [0.2, 0.25) is 0 Å². The molecule has 1 unspecified atom stereocenters. The van der Waals surface area contributed by atoms with Crippen molar-refractivity contribution in [2.45, 2.75) is 52.8 Å². The standard InChI is InChI=1S/C22H31N3O5S/c1-14(2)30-20-8-7-17(11-21(20)29-6)22(26)24(5)12-19-15(3)23-25(16(19)4)18-9-10-31(27,28)13-18/h7-8,11,14,18H,9-10,12-13H2,1-6H3. The monoisotopic (exact) mass is 449 g/mol. The van der Waals surface area contributed by atoms with Crippen molar-refractivity contribution in [3.63, 3.8) is 0 Å². The zero-order chi connectivity index (χ0) is 22.9. The van der Waals surface area contributed by atoms with Crippen LogP contribution < -0.4 is 9.47 Å². The molecule has 1 atom stereocenters. The van der Waals surface area contributed by atoms with E-state index in [0.717, 1.165) is 17.0 Å². The van der Waals surface area contributed by atoms with E-state index in [1.165, 1.54) is 0 Å². The SMILES string of the molecule is COc1cc(C(=O)N(C)Cc2c(C)nn(C3CCS(=O)(=O)C3)c2C)ccc1OC(C)C. The van der Waals surface area contributed by atoms with Crippen molar-refractivity contribution < 1.29 is 22.7 Å². The first-order chi connectivity index (χ1) is 14.5. The normalized spacial score (nSPS) is 17.7. The molecule has 2 heterocycles. The predicted octanol–water partition coefficient (Wildman–Crippen LogP) is 2.93. The summed E-state index contributed by atoms with van der Waals surface area (Å²) in [6.07, 6.45) is 0.568. The van der Waals surface area contributed by atoms with Crippen molar-refractivity contribution in [2.75, 3.05) is 25.7 Å². The summed E-state index contributed by atoms with van der Waals surface area (Å²) in [7, 11) is 0.284. The van der Waals surface area contributed by atoms with Gasteiger partial charge in [0, 0.05) is 30.4 Å². The van der Waals surface area contributed by atoms with Gasteiger partial charge >= 0.3 is 0 Å². The van der Waals surface area contributed by atoms with Crippen LogP contribution in [0.2, 0.25) is 0 Å². The first-order valence-electron chi connectivity index (χ1n) is 10.4. The third-order valence-electron chi connectivity index (χ3n) is 5.54. The highest BCUT2D eigenvalue weighted by molar-refractivity contribution is 7.91. The zero-order valence-corrected chi connectivity index (χ0v) is 19.8. The van der Waals surface area contributed by atoms with E-state index < -0.39 is 9.84 Å². The Morgan fingerprint density at radius 2 is 2.00 bits per heavy atom. The minimum Gasteiger partial charge on any atom is -0.493 e. The van der Waals surface area contributed by atoms with E-state index in [-0.39, 0.29) is 29.6 Å². The number of benzene rings is 1. The summed E-state index contributed by atoms with van der Waals surface area (Å²) in [5.41, 5.74) is 3.14. The second-order valence-electron chi connectivity index (χ2n) is 8.34. The van der Waals surface area contributed by atoms with Gasteiger partial charge in [0.15, 0.2) is 21.3 Å². The average Bonchev–Trinajstić information content (AvgIpc) is 3.20. The minimum absolute atomic E-state index is 0.00420. The molecule has 1 aromatic carbocycles. The van der Waals surface area contributed by atoms with E-state index in [4.69, 9.17) is 9.47 Å². The van der Waals surface area contributed by atoms with E-state index in [0.29, 0.717) is 30.0 Å². The van der Waals surface area contributed by atoms with Crippen molar-refractivity contribution in [3.8, 4) is 11.5 Å². The van der Waals surface area contributed by atoms with Gasteiger partial charge in [-0.25, -0.2) is 8.42 Å². The molecule has 0 spiro atoms. The Labute approximate surface area is 184 Å². The van der Waals surface area contributed by atoms with Crippen molar-refractivity contribution >= 4 is 15.7 Å². The van der Waals surface area contributed by atoms with E-state index in [9.17, 15) is 13.2 Å². The molecule has 1 amide bonds. The zero-order valence-electron chi connectivity index (χ0n) is 19.0. The quantitative estimate of drug-likeness (QED) is 0.646. The average molecular weight is 450 g/mol. The summed E-state index contributed by atoms with van der Waals surface area (Å²) >= 11 is 0. The molecular formula is C22H31N3O5S. The lowest BCUT2D eigenvalue weighted by Gasteiger charge is -2.19. The highest BCUT2D eigenvalue weighted by Gasteiger charge is 2.31. The number of carbonyl (C=O) groups is 1. The summed E-state index contributed by atoms with van der Waals surface area (Å²) < 4.78 is 36.7. The largest absolute Gasteiger partial charge is 0.493 e. The Bertz CT molecular complexity index is 1080. The van der Waals surface area contributed by atoms with Gasteiger partial charge in [0.05, 0.1) is 36.5 Å². The first-order valence-corrected chi connectivity index (χ1v) is 12.2.